The van der Waals surface area contributed by atoms with Crippen LogP contribution in [0.15, 0.2) is 0 Å². The molecular weight excluding hydrogens is 302 g/mol. The van der Waals surface area contributed by atoms with E-state index in [9.17, 15) is 4.79 Å². The first-order valence-electron chi connectivity index (χ1n) is 7.76. The number of carbonyl (C=O) groups excluding carboxylic acids is 1. The average molecular weight is 328 g/mol. The van der Waals surface area contributed by atoms with Gasteiger partial charge in [0.2, 0.25) is 5.91 Å². The zero-order valence-corrected chi connectivity index (χ0v) is 13.9. The van der Waals surface area contributed by atoms with E-state index in [4.69, 9.17) is 0 Å². The van der Waals surface area contributed by atoms with E-state index in [1.165, 1.54) is 32.1 Å². The molecule has 0 unspecified atom stereocenters. The summed E-state index contributed by atoms with van der Waals surface area (Å²) in [5.41, 5.74) is 0.158. The molecule has 3 heteroatoms. The molecule has 0 aliphatic heterocycles. The lowest BCUT2D eigenvalue weighted by Gasteiger charge is -2.58. The highest BCUT2D eigenvalue weighted by Crippen LogP contribution is 2.61. The maximum atomic E-state index is 12.7. The molecule has 4 aliphatic carbocycles. The predicted molar refractivity (Wildman–Crippen MR) is 81.2 cm³/mol. The highest BCUT2D eigenvalue weighted by atomic mass is 79.9. The van der Waals surface area contributed by atoms with Gasteiger partial charge in [-0.1, -0.05) is 36.7 Å². The quantitative estimate of drug-likeness (QED) is 0.769. The normalized spacial score (nSPS) is 44.4. The number of rotatable bonds is 2. The Labute approximate surface area is 125 Å². The fourth-order valence-electron chi connectivity index (χ4n) is 4.72. The van der Waals surface area contributed by atoms with Gasteiger partial charge in [-0.3, -0.25) is 4.79 Å². The summed E-state index contributed by atoms with van der Waals surface area (Å²) < 4.78 is -0.258. The molecule has 4 rings (SSSR count). The van der Waals surface area contributed by atoms with E-state index in [0.29, 0.717) is 11.8 Å². The minimum absolute atomic E-state index is 0.158. The van der Waals surface area contributed by atoms with Gasteiger partial charge >= 0.3 is 0 Å². The Balaban J connectivity index is 1.74. The third kappa shape index (κ3) is 2.36. The molecule has 2 nitrogen and oxygen atoms in total. The van der Waals surface area contributed by atoms with Gasteiger partial charge in [-0.15, -0.1) is 0 Å². The number of hydrogen-bond donors (Lipinski definition) is 1. The van der Waals surface area contributed by atoms with Crippen molar-refractivity contribution in [3.8, 4) is 0 Å². The highest BCUT2D eigenvalue weighted by molar-refractivity contribution is 9.10. The molecule has 4 aliphatic rings. The Kier molecular flexibility index (Phi) is 3.28. The van der Waals surface area contributed by atoms with Crippen molar-refractivity contribution in [2.45, 2.75) is 57.2 Å². The first-order valence-corrected chi connectivity index (χ1v) is 8.55. The molecule has 1 N–H and O–H groups in total. The molecule has 4 fully saturated rings. The number of hydrogen-bond acceptors (Lipinski definition) is 1. The molecule has 0 heterocycles. The van der Waals surface area contributed by atoms with Crippen LogP contribution in [0, 0.1) is 29.1 Å². The standard InChI is InChI=1S/C16H26BrNO/c1-15(2,3)9-18-14(19)16(17)12-5-10-4-11(7-12)8-13(16)6-10/h10-13H,4-9H2,1-3H3,(H,18,19). The van der Waals surface area contributed by atoms with Crippen molar-refractivity contribution in [2.24, 2.45) is 29.1 Å². The van der Waals surface area contributed by atoms with Gasteiger partial charge in [0.15, 0.2) is 0 Å². The van der Waals surface area contributed by atoms with Crippen molar-refractivity contribution in [3.63, 3.8) is 0 Å². The Morgan fingerprint density at radius 3 is 2.00 bits per heavy atom. The fourth-order valence-corrected chi connectivity index (χ4v) is 5.61. The molecule has 0 aromatic rings. The SMILES string of the molecule is CC(C)(C)CNC(=O)C1(Br)C2CC3CC(C2)CC1C3. The monoisotopic (exact) mass is 327 g/mol. The first-order chi connectivity index (χ1) is 8.79. The lowest BCUT2D eigenvalue weighted by Crippen LogP contribution is -2.61. The van der Waals surface area contributed by atoms with Gasteiger partial charge in [0.1, 0.15) is 4.32 Å². The van der Waals surface area contributed by atoms with Gasteiger partial charge < -0.3 is 5.32 Å². The summed E-state index contributed by atoms with van der Waals surface area (Å²) in [5, 5.41) is 3.21. The number of amides is 1. The third-order valence-electron chi connectivity index (χ3n) is 5.45. The van der Waals surface area contributed by atoms with Crippen LogP contribution < -0.4 is 5.32 Å². The predicted octanol–water partition coefficient (Wildman–Crippen LogP) is 3.74. The van der Waals surface area contributed by atoms with Gasteiger partial charge in [0, 0.05) is 6.54 Å². The van der Waals surface area contributed by atoms with Gasteiger partial charge in [0.05, 0.1) is 0 Å². The van der Waals surface area contributed by atoms with Crippen LogP contribution in [0.3, 0.4) is 0 Å². The molecule has 0 aromatic heterocycles. The Bertz CT molecular complexity index is 357. The Morgan fingerprint density at radius 2 is 1.58 bits per heavy atom. The van der Waals surface area contributed by atoms with Crippen molar-refractivity contribution in [1.29, 1.82) is 0 Å². The van der Waals surface area contributed by atoms with Crippen LogP contribution in [-0.4, -0.2) is 16.8 Å². The molecule has 1 amide bonds. The van der Waals surface area contributed by atoms with Crippen LogP contribution in [0.25, 0.3) is 0 Å². The second-order valence-corrected chi connectivity index (χ2v) is 9.63. The summed E-state index contributed by atoms with van der Waals surface area (Å²) in [7, 11) is 0. The summed E-state index contributed by atoms with van der Waals surface area (Å²) in [6, 6.07) is 0. The molecule has 19 heavy (non-hydrogen) atoms. The molecule has 0 spiro atoms. The van der Waals surface area contributed by atoms with E-state index in [1.54, 1.807) is 0 Å². The maximum Gasteiger partial charge on any atom is 0.237 e. The Hall–Kier alpha value is -0.0500. The molecule has 0 saturated heterocycles. The zero-order valence-electron chi connectivity index (χ0n) is 12.3. The van der Waals surface area contributed by atoms with Gasteiger partial charge in [-0.05, 0) is 61.2 Å². The maximum absolute atomic E-state index is 12.7. The Morgan fingerprint density at radius 1 is 1.11 bits per heavy atom. The van der Waals surface area contributed by atoms with Crippen LogP contribution >= 0.6 is 15.9 Å². The van der Waals surface area contributed by atoms with Crippen molar-refractivity contribution in [1.82, 2.24) is 5.32 Å². The summed E-state index contributed by atoms with van der Waals surface area (Å²) in [6.45, 7) is 7.28. The zero-order chi connectivity index (χ0) is 13.8. The van der Waals surface area contributed by atoms with Crippen LogP contribution in [0.4, 0.5) is 0 Å². The highest BCUT2D eigenvalue weighted by Gasteiger charge is 2.59. The van der Waals surface area contributed by atoms with Crippen molar-refractivity contribution in [2.75, 3.05) is 6.54 Å². The van der Waals surface area contributed by atoms with E-state index < -0.39 is 0 Å². The van der Waals surface area contributed by atoms with Crippen molar-refractivity contribution >= 4 is 21.8 Å². The lowest BCUT2D eigenvalue weighted by atomic mass is 9.51. The van der Waals surface area contributed by atoms with Gasteiger partial charge in [-0.2, -0.15) is 0 Å². The largest absolute Gasteiger partial charge is 0.354 e. The second-order valence-electron chi connectivity index (χ2n) is 8.32. The van der Waals surface area contributed by atoms with E-state index >= 15 is 0 Å². The molecule has 108 valence electrons. The number of carbonyl (C=O) groups is 1. The van der Waals surface area contributed by atoms with Gasteiger partial charge in [0.25, 0.3) is 0 Å². The van der Waals surface area contributed by atoms with Crippen molar-refractivity contribution in [3.05, 3.63) is 0 Å². The number of alkyl halides is 1. The van der Waals surface area contributed by atoms with E-state index in [-0.39, 0.29) is 15.6 Å². The molecular formula is C16H26BrNO. The first kappa shape index (κ1) is 13.9. The fraction of sp³-hybridized carbons (Fsp3) is 0.938. The average Bonchev–Trinajstić information content (AvgIpc) is 2.30. The molecule has 0 aromatic carbocycles. The molecule has 0 radical (unpaired) electrons. The van der Waals surface area contributed by atoms with Gasteiger partial charge in [-0.25, -0.2) is 0 Å². The van der Waals surface area contributed by atoms with E-state index in [0.717, 1.165) is 18.4 Å². The van der Waals surface area contributed by atoms with Crippen LogP contribution in [0.2, 0.25) is 0 Å². The van der Waals surface area contributed by atoms with Crippen LogP contribution in [0.5, 0.6) is 0 Å². The summed E-state index contributed by atoms with van der Waals surface area (Å²) >= 11 is 3.91. The van der Waals surface area contributed by atoms with E-state index in [1.807, 2.05) is 0 Å². The van der Waals surface area contributed by atoms with E-state index in [2.05, 4.69) is 42.0 Å². The topological polar surface area (TPSA) is 29.1 Å². The number of halogens is 1. The minimum Gasteiger partial charge on any atom is -0.354 e. The summed E-state index contributed by atoms with van der Waals surface area (Å²) in [5.74, 6) is 3.22. The van der Waals surface area contributed by atoms with Crippen molar-refractivity contribution < 1.29 is 4.79 Å². The molecule has 4 bridgehead atoms. The summed E-state index contributed by atoms with van der Waals surface area (Å²) in [6.07, 6.45) is 6.49. The minimum atomic E-state index is -0.258. The molecule has 0 atom stereocenters. The summed E-state index contributed by atoms with van der Waals surface area (Å²) in [4.78, 5) is 12.7. The van der Waals surface area contributed by atoms with Crippen LogP contribution in [0.1, 0.15) is 52.9 Å². The molecule has 4 saturated carbocycles. The lowest BCUT2D eigenvalue weighted by molar-refractivity contribution is -0.133. The number of nitrogens with one attached hydrogen (secondary N) is 1. The smallest absolute Gasteiger partial charge is 0.237 e. The second kappa shape index (κ2) is 4.47. The third-order valence-corrected chi connectivity index (χ3v) is 7.11. The van der Waals surface area contributed by atoms with Crippen LogP contribution in [-0.2, 0) is 4.79 Å².